The SMILES string of the molecule is CCCCCCCCCCCCCC(=O)N[C@H](CO[C@@H]1O[C@H](CO)[C@@H](O)[C@H](O)[C@H]1NC(=O)CC(CCCCCCCCCCC)OC(=O)CCCCCCCCCCCCC)C(=O)NCCC(=O)O. The molecule has 1 aliphatic heterocycles. The van der Waals surface area contributed by atoms with Crippen LogP contribution in [-0.2, 0) is 38.2 Å². The number of amides is 3. The number of ether oxygens (including phenoxy) is 3. The van der Waals surface area contributed by atoms with E-state index in [0.29, 0.717) is 19.3 Å². The third kappa shape index (κ3) is 34.2. The van der Waals surface area contributed by atoms with E-state index in [-0.39, 0.29) is 38.2 Å². The third-order valence-corrected chi connectivity index (χ3v) is 13.3. The average Bonchev–Trinajstić information content (AvgIpc) is 3.32. The van der Waals surface area contributed by atoms with Crippen molar-refractivity contribution in [3.63, 3.8) is 0 Å². The van der Waals surface area contributed by atoms with Gasteiger partial charge in [0.1, 0.15) is 36.5 Å². The van der Waals surface area contributed by atoms with Crippen LogP contribution in [-0.4, -0.2) is 113 Å². The first kappa shape index (κ1) is 64.2. The zero-order chi connectivity index (χ0) is 50.7. The van der Waals surface area contributed by atoms with Crippen LogP contribution in [0.5, 0.6) is 0 Å². The molecule has 1 aliphatic rings. The highest BCUT2D eigenvalue weighted by Gasteiger charge is 2.46. The molecular weight excluding hydrogens is 883 g/mol. The van der Waals surface area contributed by atoms with Crippen LogP contribution in [0.15, 0.2) is 0 Å². The fourth-order valence-electron chi connectivity index (χ4n) is 8.90. The molecule has 1 unspecified atom stereocenters. The number of carboxylic acid groups (broad SMARTS) is 1. The minimum absolute atomic E-state index is 0.163. The number of aliphatic hydroxyl groups excluding tert-OH is 3. The molecule has 69 heavy (non-hydrogen) atoms. The van der Waals surface area contributed by atoms with Crippen molar-refractivity contribution in [3.8, 4) is 0 Å². The molecule has 404 valence electrons. The van der Waals surface area contributed by atoms with Gasteiger partial charge in [-0.05, 0) is 25.7 Å². The minimum atomic E-state index is -1.66. The Labute approximate surface area is 417 Å². The summed E-state index contributed by atoms with van der Waals surface area (Å²) >= 11 is 0. The number of hydrogen-bond donors (Lipinski definition) is 7. The third-order valence-electron chi connectivity index (χ3n) is 13.3. The number of unbranched alkanes of at least 4 members (excludes halogenated alkanes) is 28. The van der Waals surface area contributed by atoms with Crippen molar-refractivity contribution in [3.05, 3.63) is 0 Å². The van der Waals surface area contributed by atoms with E-state index < -0.39 is 79.7 Å². The van der Waals surface area contributed by atoms with Gasteiger partial charge in [-0.2, -0.15) is 0 Å². The summed E-state index contributed by atoms with van der Waals surface area (Å²) in [5.41, 5.74) is 0. The molecule has 7 atom stereocenters. The number of aliphatic carboxylic acids is 1. The van der Waals surface area contributed by atoms with Gasteiger partial charge < -0.3 is 50.6 Å². The van der Waals surface area contributed by atoms with Gasteiger partial charge in [0.25, 0.3) is 0 Å². The molecule has 15 nitrogen and oxygen atoms in total. The predicted octanol–water partition coefficient (Wildman–Crippen LogP) is 9.63. The van der Waals surface area contributed by atoms with E-state index in [1.165, 1.54) is 116 Å². The second-order valence-electron chi connectivity index (χ2n) is 19.7. The summed E-state index contributed by atoms with van der Waals surface area (Å²) < 4.78 is 17.7. The van der Waals surface area contributed by atoms with Gasteiger partial charge in [0, 0.05) is 19.4 Å². The van der Waals surface area contributed by atoms with Crippen molar-refractivity contribution in [1.82, 2.24) is 16.0 Å². The van der Waals surface area contributed by atoms with Crippen molar-refractivity contribution >= 4 is 29.7 Å². The van der Waals surface area contributed by atoms with Gasteiger partial charge in [-0.3, -0.25) is 24.0 Å². The average molecular weight is 984 g/mol. The van der Waals surface area contributed by atoms with Crippen LogP contribution in [0.25, 0.3) is 0 Å². The summed E-state index contributed by atoms with van der Waals surface area (Å²) in [4.78, 5) is 64.4. The Balaban J connectivity index is 2.94. The molecule has 1 fully saturated rings. The lowest BCUT2D eigenvalue weighted by atomic mass is 9.96. The van der Waals surface area contributed by atoms with Crippen molar-refractivity contribution in [1.29, 1.82) is 0 Å². The minimum Gasteiger partial charge on any atom is -0.481 e. The lowest BCUT2D eigenvalue weighted by molar-refractivity contribution is -0.271. The molecule has 1 heterocycles. The fraction of sp³-hybridized carbons (Fsp3) is 0.907. The maximum Gasteiger partial charge on any atom is 0.306 e. The molecule has 0 aromatic carbocycles. The maximum atomic E-state index is 13.8. The van der Waals surface area contributed by atoms with Gasteiger partial charge >= 0.3 is 11.9 Å². The van der Waals surface area contributed by atoms with Gasteiger partial charge in [0.05, 0.1) is 26.1 Å². The number of rotatable bonds is 47. The normalized spacial score (nSPS) is 18.9. The summed E-state index contributed by atoms with van der Waals surface area (Å²) in [7, 11) is 0. The van der Waals surface area contributed by atoms with E-state index in [2.05, 4.69) is 36.7 Å². The second-order valence-corrected chi connectivity index (χ2v) is 19.7. The topological polar surface area (TPSA) is 230 Å². The lowest BCUT2D eigenvalue weighted by Crippen LogP contribution is -2.65. The molecule has 0 aromatic heterocycles. The smallest absolute Gasteiger partial charge is 0.306 e. The molecule has 0 bridgehead atoms. The number of carboxylic acids is 1. The molecule has 3 amide bonds. The molecule has 0 spiro atoms. The summed E-state index contributed by atoms with van der Waals surface area (Å²) in [6, 6.07) is -2.67. The molecule has 0 radical (unpaired) electrons. The van der Waals surface area contributed by atoms with E-state index >= 15 is 0 Å². The van der Waals surface area contributed by atoms with E-state index in [0.717, 1.165) is 70.6 Å². The number of hydrogen-bond acceptors (Lipinski definition) is 11. The highest BCUT2D eigenvalue weighted by molar-refractivity contribution is 5.88. The molecule has 7 N–H and O–H groups in total. The number of nitrogens with one attached hydrogen (secondary N) is 3. The lowest BCUT2D eigenvalue weighted by Gasteiger charge is -2.42. The molecule has 1 saturated heterocycles. The van der Waals surface area contributed by atoms with E-state index in [1.807, 2.05) is 0 Å². The summed E-state index contributed by atoms with van der Waals surface area (Å²) in [6.45, 7) is 5.25. The van der Waals surface area contributed by atoms with Crippen LogP contribution in [0.1, 0.15) is 252 Å². The molecule has 0 aliphatic carbocycles. The van der Waals surface area contributed by atoms with Gasteiger partial charge in [-0.1, -0.05) is 201 Å². The van der Waals surface area contributed by atoms with E-state index in [9.17, 15) is 39.3 Å². The fourth-order valence-corrected chi connectivity index (χ4v) is 8.90. The number of carbonyl (C=O) groups is 5. The Hall–Kier alpha value is -2.85. The standard InChI is InChI=1S/C54H101N3O12/c1-4-7-10-13-16-19-21-24-27-30-33-36-46(59)56-44(53(66)55-39-38-48(61)62)42-67-54-50(52(65)51(64)45(41-58)69-54)57-47(60)40-43(35-32-29-26-23-18-15-12-9-6-3)68-49(63)37-34-31-28-25-22-20-17-14-11-8-5-2/h43-45,50-52,54,58,64-65H,4-42H2,1-3H3,(H,55,66)(H,56,59)(H,57,60)(H,61,62)/t43?,44-,45-,50-,51-,52-,54-/m1/s1. The number of aliphatic hydroxyl groups is 3. The van der Waals surface area contributed by atoms with Crippen LogP contribution in [0.4, 0.5) is 0 Å². The first-order valence-corrected chi connectivity index (χ1v) is 28.0. The summed E-state index contributed by atoms with van der Waals surface area (Å²) in [5.74, 6) is -3.16. The Kier molecular flexibility index (Phi) is 40.8. The predicted molar refractivity (Wildman–Crippen MR) is 271 cm³/mol. The quantitative estimate of drug-likeness (QED) is 0.0223. The van der Waals surface area contributed by atoms with Crippen molar-refractivity contribution in [2.45, 2.75) is 295 Å². The van der Waals surface area contributed by atoms with E-state index in [4.69, 9.17) is 19.3 Å². The molecule has 0 aromatic rings. The monoisotopic (exact) mass is 984 g/mol. The van der Waals surface area contributed by atoms with E-state index in [1.54, 1.807) is 0 Å². The van der Waals surface area contributed by atoms with Crippen LogP contribution < -0.4 is 16.0 Å². The van der Waals surface area contributed by atoms with Crippen LogP contribution in [0.2, 0.25) is 0 Å². The first-order chi connectivity index (χ1) is 33.5. The van der Waals surface area contributed by atoms with Gasteiger partial charge in [-0.15, -0.1) is 0 Å². The number of esters is 1. The van der Waals surface area contributed by atoms with Crippen molar-refractivity contribution in [2.75, 3.05) is 19.8 Å². The molecular formula is C54H101N3O12. The Morgan fingerprint density at radius 2 is 1.01 bits per heavy atom. The molecule has 0 saturated carbocycles. The van der Waals surface area contributed by atoms with Crippen LogP contribution >= 0.6 is 0 Å². The Morgan fingerprint density at radius 3 is 1.48 bits per heavy atom. The van der Waals surface area contributed by atoms with Gasteiger partial charge in [-0.25, -0.2) is 0 Å². The second kappa shape index (κ2) is 43.9. The largest absolute Gasteiger partial charge is 0.481 e. The van der Waals surface area contributed by atoms with Crippen molar-refractivity contribution < 1.29 is 58.6 Å². The highest BCUT2D eigenvalue weighted by Crippen LogP contribution is 2.24. The Bertz CT molecular complexity index is 1310. The Morgan fingerprint density at radius 1 is 0.565 bits per heavy atom. The first-order valence-electron chi connectivity index (χ1n) is 28.0. The summed E-state index contributed by atoms with van der Waals surface area (Å²) in [6.07, 6.45) is 28.5. The zero-order valence-electron chi connectivity index (χ0n) is 43.7. The summed E-state index contributed by atoms with van der Waals surface area (Å²) in [5, 5.41) is 49.1. The van der Waals surface area contributed by atoms with Gasteiger partial charge in [0.15, 0.2) is 6.29 Å². The molecule has 1 rings (SSSR count). The van der Waals surface area contributed by atoms with Gasteiger partial charge in [0.2, 0.25) is 17.7 Å². The molecule has 15 heteroatoms. The number of carbonyl (C=O) groups excluding carboxylic acids is 4. The van der Waals surface area contributed by atoms with Crippen molar-refractivity contribution in [2.24, 2.45) is 0 Å². The van der Waals surface area contributed by atoms with Crippen LogP contribution in [0.3, 0.4) is 0 Å². The maximum absolute atomic E-state index is 13.8. The zero-order valence-corrected chi connectivity index (χ0v) is 43.7. The van der Waals surface area contributed by atoms with Crippen LogP contribution in [0, 0.1) is 0 Å². The highest BCUT2D eigenvalue weighted by atomic mass is 16.7.